The topological polar surface area (TPSA) is 54.6 Å². The summed E-state index contributed by atoms with van der Waals surface area (Å²) < 4.78 is 2.40. The van der Waals surface area contributed by atoms with E-state index in [1.54, 1.807) is 0 Å². The molecule has 221 valence electrons. The van der Waals surface area contributed by atoms with E-state index in [0.717, 1.165) is 42.0 Å². The maximum absolute atomic E-state index is 11.7. The summed E-state index contributed by atoms with van der Waals surface area (Å²) in [5.74, 6) is 0.547. The molecule has 0 saturated heterocycles. The number of pyridine rings is 3. The van der Waals surface area contributed by atoms with Crippen molar-refractivity contribution in [3.63, 3.8) is 0 Å². The molecule has 0 amide bonds. The second-order valence-corrected chi connectivity index (χ2v) is 11.2. The van der Waals surface area contributed by atoms with Crippen molar-refractivity contribution in [3.05, 3.63) is 96.9 Å². The summed E-state index contributed by atoms with van der Waals surface area (Å²) in [5, 5.41) is 18.3. The van der Waals surface area contributed by atoms with Gasteiger partial charge in [0, 0.05) is 66.2 Å². The molecule has 3 aromatic carbocycles. The number of fused-ring (bicyclic) bond motifs is 8. The van der Waals surface area contributed by atoms with Crippen molar-refractivity contribution in [2.45, 2.75) is 53.4 Å². The number of nitrogens with zero attached hydrogens (tertiary/aromatic N) is 2. The first-order chi connectivity index (χ1) is 20.5. The largest absolute Gasteiger partial charge is 0.512 e. The van der Waals surface area contributed by atoms with Crippen LogP contribution in [0.2, 0.25) is 0 Å². The van der Waals surface area contributed by atoms with Crippen LogP contribution in [0.4, 0.5) is 0 Å². The number of allylic oxidation sites excluding steroid dienone is 2. The van der Waals surface area contributed by atoms with Crippen molar-refractivity contribution in [3.8, 4) is 0 Å². The molecule has 0 fully saturated rings. The number of aliphatic hydroxyl groups excluding tert-OH is 1. The maximum atomic E-state index is 11.7. The molecule has 4 aromatic heterocycles. The quantitative estimate of drug-likeness (QED) is 0.0581. The van der Waals surface area contributed by atoms with E-state index in [4.69, 9.17) is 4.98 Å². The first-order valence-electron chi connectivity index (χ1n) is 15.2. The molecule has 0 aliphatic rings. The van der Waals surface area contributed by atoms with Gasteiger partial charge in [0.05, 0.1) is 5.76 Å². The molecule has 4 heterocycles. The molecule has 1 radical (unpaired) electrons. The van der Waals surface area contributed by atoms with E-state index in [1.807, 2.05) is 40.0 Å². The average molecular weight is 746 g/mol. The van der Waals surface area contributed by atoms with Crippen molar-refractivity contribution >= 4 is 65.6 Å². The Morgan fingerprint density at radius 3 is 2.05 bits per heavy atom. The van der Waals surface area contributed by atoms with Crippen LogP contribution >= 0.6 is 0 Å². The summed E-state index contributed by atoms with van der Waals surface area (Å²) in [4.78, 5) is 16.5. The van der Waals surface area contributed by atoms with Gasteiger partial charge in [-0.05, 0) is 60.2 Å². The first-order valence-corrected chi connectivity index (χ1v) is 15.2. The molecule has 0 saturated carbocycles. The van der Waals surface area contributed by atoms with Crippen LogP contribution in [-0.2, 0) is 24.9 Å². The second kappa shape index (κ2) is 12.8. The SMILES string of the molecule is CCC(CC)C(=O)/C=C(\O)C(CC)CC.[Ir].[c-]1c2ccccc2c2c3ccccc3c3ccc4c5cccnc5c1c2n34. The summed E-state index contributed by atoms with van der Waals surface area (Å²) in [5.41, 5.74) is 4.69. The van der Waals surface area contributed by atoms with Crippen LogP contribution < -0.4 is 0 Å². The van der Waals surface area contributed by atoms with E-state index in [1.165, 1.54) is 49.6 Å². The minimum atomic E-state index is 0. The fourth-order valence-corrected chi connectivity index (χ4v) is 6.54. The van der Waals surface area contributed by atoms with Gasteiger partial charge < -0.3 is 9.51 Å². The van der Waals surface area contributed by atoms with Crippen LogP contribution in [0, 0.1) is 17.9 Å². The van der Waals surface area contributed by atoms with E-state index in [2.05, 4.69) is 77.2 Å². The molecular formula is C38H37IrN2O2-. The third-order valence-corrected chi connectivity index (χ3v) is 8.91. The van der Waals surface area contributed by atoms with Gasteiger partial charge in [-0.1, -0.05) is 92.4 Å². The second-order valence-electron chi connectivity index (χ2n) is 11.2. The summed E-state index contributed by atoms with van der Waals surface area (Å²) >= 11 is 0. The smallest absolute Gasteiger partial charge is 0.162 e. The van der Waals surface area contributed by atoms with Gasteiger partial charge in [0.15, 0.2) is 5.78 Å². The Balaban J connectivity index is 0.000000201. The van der Waals surface area contributed by atoms with Crippen LogP contribution in [0.5, 0.6) is 0 Å². The summed E-state index contributed by atoms with van der Waals surface area (Å²) in [7, 11) is 0. The van der Waals surface area contributed by atoms with Gasteiger partial charge in [0.1, 0.15) is 0 Å². The fraction of sp³-hybridized carbons (Fsp3) is 0.263. The van der Waals surface area contributed by atoms with Crippen molar-refractivity contribution in [1.29, 1.82) is 0 Å². The van der Waals surface area contributed by atoms with Gasteiger partial charge in [0.2, 0.25) is 0 Å². The standard InChI is InChI=1S/C25H13N2.C13H24O2.Ir/c1-2-7-16-15(6-1)14-20-24-19(10-5-13-26-24)22-12-11-21-17-8-3-4-9-18(17)23(16)25(20)27(21)22;1-5-10(6-2)12(14)9-13(15)11(7-3)8-4;/h1-13H;9-11,14H,5-8H2,1-4H3;/q-1;;/b;12-9-;. The zero-order valence-electron chi connectivity index (χ0n) is 25.1. The van der Waals surface area contributed by atoms with Gasteiger partial charge >= 0.3 is 0 Å². The van der Waals surface area contributed by atoms with Crippen molar-refractivity contribution in [2.24, 2.45) is 11.8 Å². The normalized spacial score (nSPS) is 12.2. The predicted molar refractivity (Wildman–Crippen MR) is 177 cm³/mol. The van der Waals surface area contributed by atoms with Crippen LogP contribution in [0.15, 0.2) is 90.8 Å². The van der Waals surface area contributed by atoms with Gasteiger partial charge in [0.25, 0.3) is 0 Å². The number of rotatable bonds is 7. The Hall–Kier alpha value is -3.79. The Labute approximate surface area is 266 Å². The van der Waals surface area contributed by atoms with E-state index in [9.17, 15) is 9.90 Å². The Morgan fingerprint density at radius 2 is 1.37 bits per heavy atom. The maximum Gasteiger partial charge on any atom is 0.162 e. The number of hydrogen-bond donors (Lipinski definition) is 1. The van der Waals surface area contributed by atoms with Gasteiger partial charge in [-0.3, -0.25) is 9.78 Å². The summed E-state index contributed by atoms with van der Waals surface area (Å²) in [6.45, 7) is 8.07. The molecule has 0 bridgehead atoms. The van der Waals surface area contributed by atoms with Crippen LogP contribution in [0.25, 0.3) is 59.8 Å². The Morgan fingerprint density at radius 1 is 0.791 bits per heavy atom. The number of hydrogen-bond acceptors (Lipinski definition) is 3. The predicted octanol–water partition coefficient (Wildman–Crippen LogP) is 10.2. The molecule has 43 heavy (non-hydrogen) atoms. The van der Waals surface area contributed by atoms with E-state index < -0.39 is 0 Å². The van der Waals surface area contributed by atoms with Crippen molar-refractivity contribution in [2.75, 3.05) is 0 Å². The number of ketones is 1. The zero-order chi connectivity index (χ0) is 29.4. The minimum Gasteiger partial charge on any atom is -0.512 e. The molecule has 7 aromatic rings. The molecule has 0 spiro atoms. The minimum absolute atomic E-state index is 0. The number of aliphatic hydroxyl groups is 1. The molecule has 0 aliphatic heterocycles. The molecule has 1 N–H and O–H groups in total. The number of benzene rings is 3. The average Bonchev–Trinajstić information content (AvgIpc) is 3.48. The Kier molecular flexibility index (Phi) is 9.15. The third kappa shape index (κ3) is 5.19. The third-order valence-electron chi connectivity index (χ3n) is 8.91. The Bertz CT molecular complexity index is 2060. The number of aromatic nitrogens is 2. The summed E-state index contributed by atoms with van der Waals surface area (Å²) in [6, 6.07) is 29.6. The summed E-state index contributed by atoms with van der Waals surface area (Å²) in [6.07, 6.45) is 6.79. The first kappa shape index (κ1) is 30.7. The van der Waals surface area contributed by atoms with E-state index in [-0.39, 0.29) is 43.5 Å². The van der Waals surface area contributed by atoms with Gasteiger partial charge in [-0.15, -0.1) is 17.5 Å². The van der Waals surface area contributed by atoms with Gasteiger partial charge in [-0.25, -0.2) is 0 Å². The molecule has 0 atom stereocenters. The van der Waals surface area contributed by atoms with Gasteiger partial charge in [-0.2, -0.15) is 0 Å². The van der Waals surface area contributed by atoms with E-state index >= 15 is 0 Å². The van der Waals surface area contributed by atoms with Crippen LogP contribution in [0.1, 0.15) is 53.4 Å². The van der Waals surface area contributed by atoms with Crippen molar-refractivity contribution in [1.82, 2.24) is 9.38 Å². The van der Waals surface area contributed by atoms with Crippen LogP contribution in [0.3, 0.4) is 0 Å². The van der Waals surface area contributed by atoms with Crippen LogP contribution in [-0.4, -0.2) is 20.3 Å². The van der Waals surface area contributed by atoms with Crippen molar-refractivity contribution < 1.29 is 30.0 Å². The fourth-order valence-electron chi connectivity index (χ4n) is 6.54. The molecule has 7 rings (SSSR count). The molecule has 4 nitrogen and oxygen atoms in total. The molecule has 0 unspecified atom stereocenters. The molecular weight excluding hydrogens is 709 g/mol. The molecule has 0 aliphatic carbocycles. The zero-order valence-corrected chi connectivity index (χ0v) is 27.5. The number of carbonyl (C=O) groups excluding carboxylic acids is 1. The van der Waals surface area contributed by atoms with E-state index in [0.29, 0.717) is 0 Å². The monoisotopic (exact) mass is 746 g/mol. The number of carbonyl (C=O) groups is 1. The molecule has 5 heteroatoms.